The third kappa shape index (κ3) is 3.37. The minimum atomic E-state index is -1.34. The third-order valence-corrected chi connectivity index (χ3v) is 5.58. The molecule has 1 aliphatic carbocycles. The van der Waals surface area contributed by atoms with Crippen molar-refractivity contribution in [1.82, 2.24) is 20.0 Å². The van der Waals surface area contributed by atoms with Crippen LogP contribution in [0.3, 0.4) is 0 Å². The molecule has 2 aliphatic rings. The van der Waals surface area contributed by atoms with Crippen LogP contribution in [0.25, 0.3) is 5.69 Å². The van der Waals surface area contributed by atoms with Gasteiger partial charge < -0.3 is 15.1 Å². The molecule has 1 aromatic carbocycles. The number of para-hydroxylation sites is 1. The van der Waals surface area contributed by atoms with Crippen molar-refractivity contribution < 1.29 is 18.8 Å². The zero-order valence-corrected chi connectivity index (χ0v) is 16.9. The first kappa shape index (κ1) is 19.1. The minimum absolute atomic E-state index is 0.310. The molecule has 3 heterocycles. The molecule has 3 aromatic rings. The summed E-state index contributed by atoms with van der Waals surface area (Å²) in [7, 11) is 0. The number of anilines is 1. The van der Waals surface area contributed by atoms with Crippen molar-refractivity contribution in [3.05, 3.63) is 66.2 Å². The summed E-state index contributed by atoms with van der Waals surface area (Å²) in [6.45, 7) is 1.13. The number of carbonyl (C=O) groups is 3. The Morgan fingerprint density at radius 3 is 2.68 bits per heavy atom. The van der Waals surface area contributed by atoms with Crippen LogP contribution in [-0.4, -0.2) is 39.1 Å². The summed E-state index contributed by atoms with van der Waals surface area (Å²) < 4.78 is 6.98. The fourth-order valence-corrected chi connectivity index (χ4v) is 3.73. The second kappa shape index (κ2) is 7.12. The number of nitrogens with zero attached hydrogens (tertiary/aromatic N) is 3. The number of imide groups is 1. The average molecular weight is 419 g/mol. The molecule has 9 heteroatoms. The molecule has 0 bridgehead atoms. The maximum absolute atomic E-state index is 12.9. The van der Waals surface area contributed by atoms with Gasteiger partial charge in [-0.3, -0.25) is 14.5 Å². The zero-order valence-electron chi connectivity index (χ0n) is 16.9. The highest BCUT2D eigenvalue weighted by atomic mass is 16.3. The van der Waals surface area contributed by atoms with Gasteiger partial charge in [-0.2, -0.15) is 5.10 Å². The van der Waals surface area contributed by atoms with Gasteiger partial charge in [0.25, 0.3) is 5.91 Å². The predicted octanol–water partition coefficient (Wildman–Crippen LogP) is 2.75. The second-order valence-electron chi connectivity index (χ2n) is 7.95. The van der Waals surface area contributed by atoms with E-state index in [1.807, 2.05) is 36.4 Å². The Labute approximate surface area is 178 Å². The first-order chi connectivity index (χ1) is 15.0. The minimum Gasteiger partial charge on any atom is -0.466 e. The first-order valence-corrected chi connectivity index (χ1v) is 10.1. The smallest absolute Gasteiger partial charge is 0.325 e. The maximum Gasteiger partial charge on any atom is 0.325 e. The van der Waals surface area contributed by atoms with E-state index in [0.717, 1.165) is 29.1 Å². The van der Waals surface area contributed by atoms with E-state index in [1.165, 1.54) is 6.26 Å². The highest BCUT2D eigenvalue weighted by Crippen LogP contribution is 2.40. The number of hydrogen-bond acceptors (Lipinski definition) is 5. The molecular formula is C22H21N5O4. The van der Waals surface area contributed by atoms with Crippen molar-refractivity contribution in [2.75, 3.05) is 11.9 Å². The van der Waals surface area contributed by atoms with Gasteiger partial charge in [-0.15, -0.1) is 0 Å². The van der Waals surface area contributed by atoms with Crippen LogP contribution in [0.1, 0.15) is 37.1 Å². The quantitative estimate of drug-likeness (QED) is 0.597. The number of rotatable bonds is 6. The van der Waals surface area contributed by atoms with Gasteiger partial charge in [0, 0.05) is 12.0 Å². The number of furan rings is 1. The molecule has 1 aliphatic heterocycles. The molecule has 1 saturated heterocycles. The van der Waals surface area contributed by atoms with E-state index in [2.05, 4.69) is 15.7 Å². The van der Waals surface area contributed by atoms with Gasteiger partial charge >= 0.3 is 6.03 Å². The summed E-state index contributed by atoms with van der Waals surface area (Å²) in [4.78, 5) is 39.0. The van der Waals surface area contributed by atoms with Crippen molar-refractivity contribution in [2.24, 2.45) is 0 Å². The predicted molar refractivity (Wildman–Crippen MR) is 110 cm³/mol. The van der Waals surface area contributed by atoms with Gasteiger partial charge in [-0.05, 0) is 44.0 Å². The van der Waals surface area contributed by atoms with E-state index in [4.69, 9.17) is 4.42 Å². The van der Waals surface area contributed by atoms with Crippen molar-refractivity contribution in [3.8, 4) is 5.69 Å². The van der Waals surface area contributed by atoms with Crippen LogP contribution in [0.5, 0.6) is 0 Å². The van der Waals surface area contributed by atoms with E-state index in [9.17, 15) is 14.4 Å². The monoisotopic (exact) mass is 419 g/mol. The lowest BCUT2D eigenvalue weighted by Crippen LogP contribution is -2.42. The Balaban J connectivity index is 1.35. The molecule has 1 atom stereocenters. The largest absolute Gasteiger partial charge is 0.466 e. The molecule has 5 rings (SSSR count). The Morgan fingerprint density at radius 1 is 1.23 bits per heavy atom. The van der Waals surface area contributed by atoms with E-state index < -0.39 is 29.9 Å². The van der Waals surface area contributed by atoms with Crippen LogP contribution in [0, 0.1) is 0 Å². The van der Waals surface area contributed by atoms with Gasteiger partial charge in [0.2, 0.25) is 5.91 Å². The summed E-state index contributed by atoms with van der Waals surface area (Å²) in [6, 6.07) is 13.9. The van der Waals surface area contributed by atoms with Gasteiger partial charge in [-0.1, -0.05) is 18.2 Å². The highest BCUT2D eigenvalue weighted by Gasteiger charge is 2.51. The lowest BCUT2D eigenvalue weighted by Gasteiger charge is -2.18. The van der Waals surface area contributed by atoms with Crippen molar-refractivity contribution >= 4 is 23.7 Å². The molecule has 4 amide bonds. The van der Waals surface area contributed by atoms with Crippen LogP contribution in [0.4, 0.5) is 10.6 Å². The Kier molecular flexibility index (Phi) is 4.39. The molecule has 0 unspecified atom stereocenters. The van der Waals surface area contributed by atoms with E-state index >= 15 is 0 Å². The molecule has 158 valence electrons. The van der Waals surface area contributed by atoms with Gasteiger partial charge in [0.15, 0.2) is 5.54 Å². The molecule has 1 saturated carbocycles. The first-order valence-electron chi connectivity index (χ1n) is 10.1. The topological polar surface area (TPSA) is 109 Å². The molecule has 0 spiro atoms. The van der Waals surface area contributed by atoms with Gasteiger partial charge in [-0.25, -0.2) is 9.48 Å². The standard InChI is InChI=1S/C22H21N5O4/c1-22(17-8-5-11-31-17)20(29)26(21(30)24-22)13-19(28)23-18-12-16(14-9-10-14)25-27(18)15-6-3-2-4-7-15/h2-8,11-12,14H,9-10,13H2,1H3,(H,23,28)(H,24,30)/t22-/m0/s1. The third-order valence-electron chi connectivity index (χ3n) is 5.58. The zero-order chi connectivity index (χ0) is 21.6. The summed E-state index contributed by atoms with van der Waals surface area (Å²) in [5.41, 5.74) is 0.385. The van der Waals surface area contributed by atoms with E-state index in [0.29, 0.717) is 17.5 Å². The number of urea groups is 1. The lowest BCUT2D eigenvalue weighted by molar-refractivity contribution is -0.134. The van der Waals surface area contributed by atoms with Crippen LogP contribution in [-0.2, 0) is 15.1 Å². The van der Waals surface area contributed by atoms with Crippen molar-refractivity contribution in [3.63, 3.8) is 0 Å². The molecule has 0 radical (unpaired) electrons. The Hall–Kier alpha value is -3.88. The molecule has 2 N–H and O–H groups in total. The molecule has 31 heavy (non-hydrogen) atoms. The fourth-order valence-electron chi connectivity index (χ4n) is 3.73. The number of nitrogens with one attached hydrogen (secondary N) is 2. The summed E-state index contributed by atoms with van der Waals surface area (Å²) >= 11 is 0. The Morgan fingerprint density at radius 2 is 2.00 bits per heavy atom. The summed E-state index contributed by atoms with van der Waals surface area (Å²) in [6.07, 6.45) is 3.58. The normalized spacial score (nSPS) is 20.7. The van der Waals surface area contributed by atoms with Crippen LogP contribution < -0.4 is 10.6 Å². The fraction of sp³-hybridized carbons (Fsp3) is 0.273. The average Bonchev–Trinajstić information content (AvgIpc) is 3.20. The number of hydrogen-bond donors (Lipinski definition) is 2. The van der Waals surface area contributed by atoms with Crippen molar-refractivity contribution in [2.45, 2.75) is 31.2 Å². The van der Waals surface area contributed by atoms with Crippen LogP contribution in [0.15, 0.2) is 59.2 Å². The van der Waals surface area contributed by atoms with E-state index in [-0.39, 0.29) is 0 Å². The summed E-state index contributed by atoms with van der Waals surface area (Å²) in [5, 5.41) is 10.1. The SMILES string of the molecule is C[C@@]1(c2ccco2)NC(=O)N(CC(=O)Nc2cc(C3CC3)nn2-c2ccccc2)C1=O. The number of amides is 4. The van der Waals surface area contributed by atoms with E-state index in [1.54, 1.807) is 23.7 Å². The molecule has 2 fully saturated rings. The number of benzene rings is 1. The number of aromatic nitrogens is 2. The number of carbonyl (C=O) groups excluding carboxylic acids is 3. The molecular weight excluding hydrogens is 398 g/mol. The van der Waals surface area contributed by atoms with Crippen molar-refractivity contribution in [1.29, 1.82) is 0 Å². The summed E-state index contributed by atoms with van der Waals surface area (Å²) in [5.74, 6) is 0.175. The van der Waals surface area contributed by atoms with Crippen LogP contribution in [0.2, 0.25) is 0 Å². The maximum atomic E-state index is 12.9. The molecule has 9 nitrogen and oxygen atoms in total. The van der Waals surface area contributed by atoms with Crippen LogP contribution >= 0.6 is 0 Å². The van der Waals surface area contributed by atoms with Gasteiger partial charge in [0.1, 0.15) is 18.1 Å². The lowest BCUT2D eigenvalue weighted by atomic mass is 9.99. The molecule has 2 aromatic heterocycles. The Bertz CT molecular complexity index is 1150. The second-order valence-corrected chi connectivity index (χ2v) is 7.95. The van der Waals surface area contributed by atoms with Gasteiger partial charge in [0.05, 0.1) is 17.6 Å². The highest BCUT2D eigenvalue weighted by molar-refractivity contribution is 6.09.